The van der Waals surface area contributed by atoms with Gasteiger partial charge in [-0.05, 0) is 24.1 Å². The summed E-state index contributed by atoms with van der Waals surface area (Å²) in [7, 11) is -5.61. The van der Waals surface area contributed by atoms with Crippen LogP contribution in [0.5, 0.6) is 5.75 Å². The summed E-state index contributed by atoms with van der Waals surface area (Å²) in [5.41, 5.74) is -4.56. The van der Waals surface area contributed by atoms with Gasteiger partial charge in [-0.1, -0.05) is 34.7 Å². The van der Waals surface area contributed by atoms with Crippen LogP contribution in [0.1, 0.15) is 5.56 Å². The number of halogens is 4. The normalized spacial score (nSPS) is 20.5. The second-order valence-electron chi connectivity index (χ2n) is 4.22. The number of rotatable bonds is 5. The maximum atomic E-state index is 12.1. The first kappa shape index (κ1) is 15.8. The molecule has 4 nitrogen and oxygen atoms in total. The molecular formula is C11H10F3IO4S. The zero-order valence-electron chi connectivity index (χ0n) is 9.93. The first-order valence-electron chi connectivity index (χ1n) is 5.54. The van der Waals surface area contributed by atoms with Crippen LogP contribution in [0, 0.1) is 0 Å². The van der Waals surface area contributed by atoms with Gasteiger partial charge in [-0.3, -0.25) is 0 Å². The van der Waals surface area contributed by atoms with E-state index in [2.05, 4.69) is 26.8 Å². The maximum Gasteiger partial charge on any atom is 0.534 e. The quantitative estimate of drug-likeness (QED) is 0.241. The Labute approximate surface area is 127 Å². The highest BCUT2D eigenvalue weighted by molar-refractivity contribution is 14.1. The smallest absolute Gasteiger partial charge is 0.376 e. The zero-order chi connectivity index (χ0) is 15.0. The van der Waals surface area contributed by atoms with Gasteiger partial charge < -0.3 is 8.92 Å². The average Bonchev–Trinajstić information content (AvgIpc) is 3.13. The fourth-order valence-electron chi connectivity index (χ4n) is 1.48. The van der Waals surface area contributed by atoms with Crippen LogP contribution in [0.3, 0.4) is 0 Å². The number of hydrogen-bond acceptors (Lipinski definition) is 4. The lowest BCUT2D eigenvalue weighted by atomic mass is 10.1. The summed E-state index contributed by atoms with van der Waals surface area (Å²) in [6.45, 7) is 0.721. The van der Waals surface area contributed by atoms with Gasteiger partial charge in [0.05, 0.1) is 12.7 Å². The summed E-state index contributed by atoms with van der Waals surface area (Å²) in [6.07, 6.45) is 0.912. The lowest BCUT2D eigenvalue weighted by Gasteiger charge is -2.10. The minimum Gasteiger partial charge on any atom is -0.376 e. The van der Waals surface area contributed by atoms with Crippen LogP contribution in [0.15, 0.2) is 24.3 Å². The Kier molecular flexibility index (Phi) is 4.50. The zero-order valence-corrected chi connectivity index (χ0v) is 12.9. The van der Waals surface area contributed by atoms with E-state index in [1.54, 1.807) is 0 Å². The van der Waals surface area contributed by atoms with Crippen LogP contribution < -0.4 is 4.18 Å². The lowest BCUT2D eigenvalue weighted by molar-refractivity contribution is -0.0500. The third-order valence-electron chi connectivity index (χ3n) is 2.61. The Morgan fingerprint density at radius 3 is 2.35 bits per heavy atom. The topological polar surface area (TPSA) is 55.9 Å². The van der Waals surface area contributed by atoms with Crippen LogP contribution in [0.4, 0.5) is 13.2 Å². The number of benzene rings is 1. The van der Waals surface area contributed by atoms with Gasteiger partial charge in [0.2, 0.25) is 0 Å². The predicted octanol–water partition coefficient (Wildman–Crippen LogP) is 2.66. The summed E-state index contributed by atoms with van der Waals surface area (Å²) in [5.74, 6) is -0.362. The molecule has 1 fully saturated rings. The van der Waals surface area contributed by atoms with Gasteiger partial charge in [-0.25, -0.2) is 0 Å². The molecule has 2 atom stereocenters. The minimum absolute atomic E-state index is 0.220. The van der Waals surface area contributed by atoms with Crippen molar-refractivity contribution < 1.29 is 30.5 Å². The fraction of sp³-hybridized carbons (Fsp3) is 0.455. The molecule has 0 saturated carbocycles. The van der Waals surface area contributed by atoms with Crippen molar-refractivity contribution in [3.05, 3.63) is 29.8 Å². The minimum atomic E-state index is -5.61. The number of ether oxygens (including phenoxy) is 1. The third kappa shape index (κ3) is 3.98. The van der Waals surface area contributed by atoms with E-state index in [1.165, 1.54) is 24.3 Å². The van der Waals surface area contributed by atoms with Crippen molar-refractivity contribution in [3.63, 3.8) is 0 Å². The molecule has 0 bridgehead atoms. The molecule has 0 radical (unpaired) electrons. The SMILES string of the molecule is O=S(=O)(Oc1ccc(C[C@H](I)[C@@H]2CO2)cc1)C(F)(F)F. The Hall–Kier alpha value is -0.550. The largest absolute Gasteiger partial charge is 0.534 e. The van der Waals surface area contributed by atoms with Gasteiger partial charge >= 0.3 is 15.6 Å². The molecule has 1 aromatic carbocycles. The van der Waals surface area contributed by atoms with Gasteiger partial charge in [0, 0.05) is 3.92 Å². The molecule has 0 spiro atoms. The van der Waals surface area contributed by atoms with Gasteiger partial charge in [-0.15, -0.1) is 0 Å². The summed E-state index contributed by atoms with van der Waals surface area (Å²) in [4.78, 5) is 0. The van der Waals surface area contributed by atoms with Gasteiger partial charge in [0.25, 0.3) is 0 Å². The molecule has 1 aliphatic rings. The fourth-order valence-corrected chi connectivity index (χ4v) is 2.86. The monoisotopic (exact) mass is 422 g/mol. The van der Waals surface area contributed by atoms with E-state index in [1.807, 2.05) is 0 Å². The molecule has 112 valence electrons. The van der Waals surface area contributed by atoms with Crippen LogP contribution in [-0.2, 0) is 21.3 Å². The Morgan fingerprint density at radius 1 is 1.35 bits per heavy atom. The van der Waals surface area contributed by atoms with E-state index >= 15 is 0 Å². The maximum absolute atomic E-state index is 12.1. The summed E-state index contributed by atoms with van der Waals surface area (Å²) >= 11 is 2.24. The molecule has 0 aromatic heterocycles. The van der Waals surface area contributed by atoms with Gasteiger partial charge in [0.1, 0.15) is 5.75 Å². The second-order valence-corrected chi connectivity index (χ2v) is 7.36. The Bertz CT molecular complexity index is 566. The van der Waals surface area contributed by atoms with Crippen molar-refractivity contribution in [1.82, 2.24) is 0 Å². The molecule has 0 amide bonds. The van der Waals surface area contributed by atoms with E-state index in [9.17, 15) is 21.6 Å². The van der Waals surface area contributed by atoms with E-state index in [0.29, 0.717) is 6.42 Å². The Morgan fingerprint density at radius 2 is 1.90 bits per heavy atom. The second kappa shape index (κ2) is 5.68. The molecule has 1 aliphatic heterocycles. The summed E-state index contributed by atoms with van der Waals surface area (Å²) in [6, 6.07) is 5.48. The predicted molar refractivity (Wildman–Crippen MR) is 73.3 cm³/mol. The molecular weight excluding hydrogens is 412 g/mol. The van der Waals surface area contributed by atoms with Crippen LogP contribution in [0.25, 0.3) is 0 Å². The number of alkyl halides is 4. The van der Waals surface area contributed by atoms with Crippen molar-refractivity contribution in [2.45, 2.75) is 22.0 Å². The number of epoxide rings is 1. The molecule has 0 N–H and O–H groups in total. The highest BCUT2D eigenvalue weighted by atomic mass is 127. The first-order chi connectivity index (χ1) is 9.19. The molecule has 2 rings (SSSR count). The van der Waals surface area contributed by atoms with Gasteiger partial charge in [0.15, 0.2) is 0 Å². The molecule has 1 heterocycles. The molecule has 1 saturated heterocycles. The first-order valence-corrected chi connectivity index (χ1v) is 8.20. The highest BCUT2D eigenvalue weighted by Gasteiger charge is 2.48. The van der Waals surface area contributed by atoms with E-state index < -0.39 is 15.6 Å². The van der Waals surface area contributed by atoms with Crippen molar-refractivity contribution in [2.24, 2.45) is 0 Å². The average molecular weight is 422 g/mol. The van der Waals surface area contributed by atoms with Crippen molar-refractivity contribution in [1.29, 1.82) is 0 Å². The summed E-state index contributed by atoms with van der Waals surface area (Å²) < 4.78 is 67.5. The molecule has 9 heteroatoms. The highest BCUT2D eigenvalue weighted by Crippen LogP contribution is 2.28. The van der Waals surface area contributed by atoms with Gasteiger partial charge in [-0.2, -0.15) is 21.6 Å². The molecule has 0 unspecified atom stereocenters. The summed E-state index contributed by atoms with van der Waals surface area (Å²) in [5, 5.41) is 0. The van der Waals surface area contributed by atoms with E-state index in [-0.39, 0.29) is 15.8 Å². The van der Waals surface area contributed by atoms with Crippen LogP contribution in [0.2, 0.25) is 0 Å². The van der Waals surface area contributed by atoms with Crippen LogP contribution in [-0.4, -0.2) is 30.6 Å². The van der Waals surface area contributed by atoms with Crippen molar-refractivity contribution in [2.75, 3.05) is 6.61 Å². The Balaban J connectivity index is 2.01. The molecule has 1 aromatic rings. The van der Waals surface area contributed by atoms with E-state index in [0.717, 1.165) is 12.2 Å². The lowest BCUT2D eigenvalue weighted by Crippen LogP contribution is -2.28. The van der Waals surface area contributed by atoms with E-state index in [4.69, 9.17) is 4.74 Å². The van der Waals surface area contributed by atoms with Crippen molar-refractivity contribution >= 4 is 32.7 Å². The number of hydrogen-bond donors (Lipinski definition) is 0. The van der Waals surface area contributed by atoms with Crippen molar-refractivity contribution in [3.8, 4) is 5.75 Å². The third-order valence-corrected chi connectivity index (χ3v) is 4.83. The molecule has 0 aliphatic carbocycles. The standard InChI is InChI=1S/C11H10F3IO4S/c12-11(13,14)20(16,17)19-8-3-1-7(2-4-8)5-9(15)10-6-18-10/h1-4,9-10H,5-6H2/t9-,10-/m0/s1. The molecule has 20 heavy (non-hydrogen) atoms. The van der Waals surface area contributed by atoms with Crippen LogP contribution >= 0.6 is 22.6 Å².